The summed E-state index contributed by atoms with van der Waals surface area (Å²) >= 11 is 6.61. The lowest BCUT2D eigenvalue weighted by atomic mass is 10.2. The number of aryl methyl sites for hydroxylation is 1. The SMILES string of the molecule is CCN1C(=O)/C(=C/c2c(N3CCN(c4ccc(OC)cc4)CC3)nc3c(C)cccn3c2=O)SC1=S. The summed E-state index contributed by atoms with van der Waals surface area (Å²) in [6, 6.07) is 11.8. The van der Waals surface area contributed by atoms with Crippen LogP contribution in [0.5, 0.6) is 5.75 Å². The van der Waals surface area contributed by atoms with E-state index in [4.69, 9.17) is 21.9 Å². The van der Waals surface area contributed by atoms with Gasteiger partial charge in [0.1, 0.15) is 21.5 Å². The molecule has 0 atom stereocenters. The third kappa shape index (κ3) is 4.35. The van der Waals surface area contributed by atoms with Gasteiger partial charge in [-0.2, -0.15) is 0 Å². The number of thioether (sulfide) groups is 1. The number of hydrogen-bond acceptors (Lipinski definition) is 8. The maximum Gasteiger partial charge on any atom is 0.267 e. The highest BCUT2D eigenvalue weighted by Crippen LogP contribution is 2.33. The first-order chi connectivity index (χ1) is 17.4. The predicted octanol–water partition coefficient (Wildman–Crippen LogP) is 3.56. The van der Waals surface area contributed by atoms with Gasteiger partial charge in [0.25, 0.3) is 11.5 Å². The van der Waals surface area contributed by atoms with Crippen LogP contribution in [0.4, 0.5) is 11.5 Å². The lowest BCUT2D eigenvalue weighted by Gasteiger charge is -2.37. The van der Waals surface area contributed by atoms with E-state index in [0.29, 0.717) is 45.9 Å². The van der Waals surface area contributed by atoms with Crippen LogP contribution < -0.4 is 20.1 Å². The van der Waals surface area contributed by atoms with E-state index >= 15 is 0 Å². The summed E-state index contributed by atoms with van der Waals surface area (Å²) in [6.07, 6.45) is 3.39. The number of aromatic nitrogens is 2. The van der Waals surface area contributed by atoms with Crippen molar-refractivity contribution in [2.24, 2.45) is 0 Å². The molecule has 2 aromatic heterocycles. The van der Waals surface area contributed by atoms with Gasteiger partial charge in [-0.3, -0.25) is 18.9 Å². The van der Waals surface area contributed by atoms with E-state index in [1.807, 2.05) is 38.1 Å². The average molecular weight is 522 g/mol. The number of amides is 1. The molecule has 8 nitrogen and oxygen atoms in total. The van der Waals surface area contributed by atoms with Crippen LogP contribution >= 0.6 is 24.0 Å². The van der Waals surface area contributed by atoms with Crippen LogP contribution in [0, 0.1) is 6.92 Å². The van der Waals surface area contributed by atoms with E-state index in [1.165, 1.54) is 11.8 Å². The largest absolute Gasteiger partial charge is 0.497 e. The van der Waals surface area contributed by atoms with E-state index in [0.717, 1.165) is 30.1 Å². The van der Waals surface area contributed by atoms with Gasteiger partial charge >= 0.3 is 0 Å². The Morgan fingerprint density at radius 1 is 1.08 bits per heavy atom. The maximum absolute atomic E-state index is 13.7. The van der Waals surface area contributed by atoms with Crippen LogP contribution in [0.2, 0.25) is 0 Å². The second-order valence-corrected chi connectivity index (χ2v) is 10.3. The van der Waals surface area contributed by atoms with Gasteiger partial charge in [0.05, 0.1) is 17.6 Å². The van der Waals surface area contributed by atoms with Crippen molar-refractivity contribution in [1.82, 2.24) is 14.3 Å². The molecule has 1 amide bonds. The zero-order chi connectivity index (χ0) is 25.4. The number of nitrogens with zero attached hydrogens (tertiary/aromatic N) is 5. The number of ether oxygens (including phenoxy) is 1. The van der Waals surface area contributed by atoms with Crippen molar-refractivity contribution in [2.45, 2.75) is 13.8 Å². The van der Waals surface area contributed by atoms with Crippen molar-refractivity contribution in [3.8, 4) is 5.75 Å². The third-order valence-electron chi connectivity index (χ3n) is 6.55. The summed E-state index contributed by atoms with van der Waals surface area (Å²) in [7, 11) is 1.66. The molecule has 5 rings (SSSR count). The first-order valence-corrected chi connectivity index (χ1v) is 13.0. The second kappa shape index (κ2) is 9.94. The molecule has 2 aliphatic rings. The molecule has 1 aromatic carbocycles. The number of pyridine rings is 1. The standard InChI is InChI=1S/C26H27N5O3S2/c1-4-30-25(33)21(36-26(30)35)16-20-23(27-22-17(2)6-5-11-31(22)24(20)32)29-14-12-28(13-15-29)18-7-9-19(34-3)10-8-18/h5-11,16H,4,12-15H2,1-3H3/b21-16-. The number of rotatable bonds is 5. The monoisotopic (exact) mass is 521 g/mol. The molecule has 4 heterocycles. The van der Waals surface area contributed by atoms with Crippen LogP contribution in [0.3, 0.4) is 0 Å². The highest BCUT2D eigenvalue weighted by Gasteiger charge is 2.32. The molecule has 2 saturated heterocycles. The van der Waals surface area contributed by atoms with Gasteiger partial charge in [0, 0.05) is 44.6 Å². The molecular formula is C26H27N5O3S2. The quantitative estimate of drug-likeness (QED) is 0.373. The third-order valence-corrected chi connectivity index (χ3v) is 7.92. The van der Waals surface area contributed by atoms with Crippen LogP contribution in [-0.4, -0.2) is 64.3 Å². The molecule has 3 aromatic rings. The Balaban J connectivity index is 1.52. The van der Waals surface area contributed by atoms with Gasteiger partial charge in [0.2, 0.25) is 0 Å². The number of carbonyl (C=O) groups is 1. The van der Waals surface area contributed by atoms with Gasteiger partial charge in [0.15, 0.2) is 0 Å². The number of methoxy groups -OCH3 is 1. The fraction of sp³-hybridized carbons (Fsp3) is 0.308. The molecule has 186 valence electrons. The number of carbonyl (C=O) groups excluding carboxylic acids is 1. The number of anilines is 2. The second-order valence-electron chi connectivity index (χ2n) is 8.64. The highest BCUT2D eigenvalue weighted by molar-refractivity contribution is 8.26. The summed E-state index contributed by atoms with van der Waals surface area (Å²) in [5, 5.41) is 0. The van der Waals surface area contributed by atoms with E-state index in [-0.39, 0.29) is 11.5 Å². The van der Waals surface area contributed by atoms with Gasteiger partial charge in [-0.05, 0) is 55.8 Å². The first-order valence-electron chi connectivity index (χ1n) is 11.8. The molecule has 0 radical (unpaired) electrons. The van der Waals surface area contributed by atoms with Crippen molar-refractivity contribution in [2.75, 3.05) is 49.6 Å². The Hall–Kier alpha value is -3.37. The molecule has 10 heteroatoms. The maximum atomic E-state index is 13.7. The van der Waals surface area contributed by atoms with Crippen molar-refractivity contribution in [3.05, 3.63) is 69.0 Å². The summed E-state index contributed by atoms with van der Waals surface area (Å²) < 4.78 is 7.34. The number of thiocarbonyl (C=S) groups is 1. The minimum Gasteiger partial charge on any atom is -0.497 e. The van der Waals surface area contributed by atoms with E-state index in [9.17, 15) is 9.59 Å². The van der Waals surface area contributed by atoms with Crippen molar-refractivity contribution < 1.29 is 9.53 Å². The topological polar surface area (TPSA) is 70.4 Å². The van der Waals surface area contributed by atoms with Gasteiger partial charge in [-0.15, -0.1) is 0 Å². The molecule has 0 unspecified atom stereocenters. The van der Waals surface area contributed by atoms with Gasteiger partial charge < -0.3 is 14.5 Å². The first kappa shape index (κ1) is 24.3. The molecule has 0 bridgehead atoms. The molecule has 2 aliphatic heterocycles. The van der Waals surface area contributed by atoms with E-state index in [2.05, 4.69) is 21.9 Å². The fourth-order valence-electron chi connectivity index (χ4n) is 4.54. The number of likely N-dealkylation sites (N-methyl/N-ethyl adjacent to an activating group) is 1. The van der Waals surface area contributed by atoms with E-state index < -0.39 is 0 Å². The molecule has 0 N–H and O–H groups in total. The fourth-order valence-corrected chi connectivity index (χ4v) is 5.91. The summed E-state index contributed by atoms with van der Waals surface area (Å²) in [5.41, 5.74) is 2.87. The molecule has 2 fully saturated rings. The normalized spacial score (nSPS) is 17.5. The molecule has 36 heavy (non-hydrogen) atoms. The van der Waals surface area contributed by atoms with Crippen molar-refractivity contribution in [1.29, 1.82) is 0 Å². The lowest BCUT2D eigenvalue weighted by molar-refractivity contribution is -0.121. The minimum atomic E-state index is -0.196. The van der Waals surface area contributed by atoms with Crippen LogP contribution in [0.1, 0.15) is 18.1 Å². The number of benzene rings is 1. The van der Waals surface area contributed by atoms with Gasteiger partial charge in [-0.1, -0.05) is 30.0 Å². The zero-order valence-electron chi connectivity index (χ0n) is 20.4. The molecule has 0 aliphatic carbocycles. The Morgan fingerprint density at radius 3 is 2.42 bits per heavy atom. The number of piperazine rings is 1. The Morgan fingerprint density at radius 2 is 1.78 bits per heavy atom. The van der Waals surface area contributed by atoms with Crippen molar-refractivity contribution in [3.63, 3.8) is 0 Å². The Labute approximate surface area is 219 Å². The number of fused-ring (bicyclic) bond motifs is 1. The smallest absolute Gasteiger partial charge is 0.267 e. The molecule has 0 saturated carbocycles. The van der Waals surface area contributed by atoms with Crippen LogP contribution in [-0.2, 0) is 4.79 Å². The van der Waals surface area contributed by atoms with Crippen LogP contribution in [0.15, 0.2) is 52.3 Å². The van der Waals surface area contributed by atoms with Crippen LogP contribution in [0.25, 0.3) is 11.7 Å². The number of hydrogen-bond donors (Lipinski definition) is 0. The lowest BCUT2D eigenvalue weighted by Crippen LogP contribution is -2.47. The predicted molar refractivity (Wildman–Crippen MR) is 149 cm³/mol. The van der Waals surface area contributed by atoms with Crippen molar-refractivity contribution >= 4 is 57.4 Å². The zero-order valence-corrected chi connectivity index (χ0v) is 22.1. The average Bonchev–Trinajstić information content (AvgIpc) is 3.17. The summed E-state index contributed by atoms with van der Waals surface area (Å²) in [4.78, 5) is 38.0. The van der Waals surface area contributed by atoms with Gasteiger partial charge in [-0.25, -0.2) is 4.98 Å². The summed E-state index contributed by atoms with van der Waals surface area (Å²) in [6.45, 7) is 7.26. The summed E-state index contributed by atoms with van der Waals surface area (Å²) in [5.74, 6) is 1.26. The molecule has 0 spiro atoms. The molecular weight excluding hydrogens is 494 g/mol. The minimum absolute atomic E-state index is 0.170. The Bertz CT molecular complexity index is 1430. The van der Waals surface area contributed by atoms with E-state index in [1.54, 1.807) is 28.7 Å². The Kier molecular flexibility index (Phi) is 6.72. The highest BCUT2D eigenvalue weighted by atomic mass is 32.2.